The van der Waals surface area contributed by atoms with E-state index in [1.807, 2.05) is 36.4 Å². The number of sulfonamides is 1. The molecule has 220 valence electrons. The predicted molar refractivity (Wildman–Crippen MR) is 154 cm³/mol. The van der Waals surface area contributed by atoms with E-state index in [1.165, 1.54) is 18.1 Å². The number of likely N-dealkylation sites (N-methyl/N-ethyl adjacent to an activating group) is 1. The van der Waals surface area contributed by atoms with E-state index in [-0.39, 0.29) is 49.9 Å². The quantitative estimate of drug-likeness (QED) is 0.304. The Morgan fingerprint density at radius 1 is 0.951 bits per heavy atom. The maximum Gasteiger partial charge on any atom is 0.243 e. The van der Waals surface area contributed by atoms with Crippen molar-refractivity contribution in [3.63, 3.8) is 0 Å². The molecular formula is C30H35F2N3O5S. The van der Waals surface area contributed by atoms with E-state index in [9.17, 15) is 26.8 Å². The van der Waals surface area contributed by atoms with E-state index in [0.29, 0.717) is 12.3 Å². The Morgan fingerprint density at radius 2 is 1.66 bits per heavy atom. The van der Waals surface area contributed by atoms with Crippen LogP contribution >= 0.6 is 0 Å². The number of ether oxygens (including phenoxy) is 1. The van der Waals surface area contributed by atoms with Gasteiger partial charge < -0.3 is 15.0 Å². The Labute approximate surface area is 240 Å². The van der Waals surface area contributed by atoms with Crippen molar-refractivity contribution in [2.75, 3.05) is 30.8 Å². The second kappa shape index (κ2) is 14.6. The Hall–Kier alpha value is -3.99. The van der Waals surface area contributed by atoms with Gasteiger partial charge in [0.1, 0.15) is 11.8 Å². The van der Waals surface area contributed by atoms with Gasteiger partial charge in [-0.2, -0.15) is 0 Å². The van der Waals surface area contributed by atoms with Crippen LogP contribution in [0.25, 0.3) is 0 Å². The molecule has 8 nitrogen and oxygen atoms in total. The van der Waals surface area contributed by atoms with Crippen molar-refractivity contribution in [1.82, 2.24) is 10.2 Å². The van der Waals surface area contributed by atoms with Crippen molar-refractivity contribution in [1.29, 1.82) is 0 Å². The molecule has 0 aliphatic rings. The number of halogens is 2. The number of rotatable bonds is 14. The lowest BCUT2D eigenvalue weighted by molar-refractivity contribution is -0.141. The zero-order valence-corrected chi connectivity index (χ0v) is 24.2. The summed E-state index contributed by atoms with van der Waals surface area (Å²) in [5.74, 6) is -2.35. The lowest BCUT2D eigenvalue weighted by Gasteiger charge is -2.32. The second-order valence-corrected chi connectivity index (χ2v) is 11.4. The van der Waals surface area contributed by atoms with Gasteiger partial charge in [0.15, 0.2) is 11.6 Å². The smallest absolute Gasteiger partial charge is 0.243 e. The van der Waals surface area contributed by atoms with Gasteiger partial charge in [0.05, 0.1) is 19.1 Å². The van der Waals surface area contributed by atoms with Gasteiger partial charge >= 0.3 is 0 Å². The van der Waals surface area contributed by atoms with Gasteiger partial charge in [-0.1, -0.05) is 42.5 Å². The first-order chi connectivity index (χ1) is 19.5. The topological polar surface area (TPSA) is 96.0 Å². The molecular weight excluding hydrogens is 552 g/mol. The zero-order valence-electron chi connectivity index (χ0n) is 23.3. The lowest BCUT2D eigenvalue weighted by atomic mass is 10.0. The van der Waals surface area contributed by atoms with Crippen LogP contribution in [0, 0.1) is 11.6 Å². The summed E-state index contributed by atoms with van der Waals surface area (Å²) in [6.45, 7) is 2.14. The molecule has 0 saturated heterocycles. The van der Waals surface area contributed by atoms with Crippen LogP contribution in [0.4, 0.5) is 14.5 Å². The fourth-order valence-electron chi connectivity index (χ4n) is 4.46. The summed E-state index contributed by atoms with van der Waals surface area (Å²) in [6, 6.07) is 18.5. The van der Waals surface area contributed by atoms with Crippen molar-refractivity contribution in [3.05, 3.63) is 95.6 Å². The standard InChI is InChI=1S/C30H35F2N3O5S/c1-4-33-30(37)28(19-22-10-6-5-7-11-22)34(21-23-12-8-13-25(18-23)40-2)29(36)14-9-17-35(41(3,38)39)24-15-16-26(31)27(32)20-24/h5-8,10-13,15-16,18,20,28H,4,9,14,17,19,21H2,1-3H3,(H,33,37)/t28-/m1/s1. The number of carbonyl (C=O) groups excluding carboxylic acids is 2. The minimum Gasteiger partial charge on any atom is -0.497 e. The lowest BCUT2D eigenvalue weighted by Crippen LogP contribution is -2.50. The van der Waals surface area contributed by atoms with Crippen molar-refractivity contribution in [2.24, 2.45) is 0 Å². The summed E-state index contributed by atoms with van der Waals surface area (Å²) in [7, 11) is -2.32. The molecule has 3 aromatic rings. The van der Waals surface area contributed by atoms with Crippen LogP contribution < -0.4 is 14.4 Å². The number of methoxy groups -OCH3 is 1. The number of nitrogens with zero attached hydrogens (tertiary/aromatic N) is 2. The monoisotopic (exact) mass is 587 g/mol. The number of hydrogen-bond acceptors (Lipinski definition) is 5. The maximum absolute atomic E-state index is 13.8. The highest BCUT2D eigenvalue weighted by Gasteiger charge is 2.30. The third-order valence-corrected chi connectivity index (χ3v) is 7.65. The average Bonchev–Trinajstić information content (AvgIpc) is 2.94. The van der Waals surface area contributed by atoms with Crippen LogP contribution in [-0.4, -0.2) is 57.6 Å². The first-order valence-electron chi connectivity index (χ1n) is 13.2. The summed E-state index contributed by atoms with van der Waals surface area (Å²) < 4.78 is 58.5. The molecule has 1 N–H and O–H groups in total. The molecule has 0 aliphatic carbocycles. The highest BCUT2D eigenvalue weighted by Crippen LogP contribution is 2.23. The van der Waals surface area contributed by atoms with Crippen molar-refractivity contribution < 1.29 is 31.5 Å². The third kappa shape index (κ3) is 9.01. The summed E-state index contributed by atoms with van der Waals surface area (Å²) in [5, 5.41) is 2.82. The van der Waals surface area contributed by atoms with Crippen LogP contribution in [-0.2, 0) is 32.6 Å². The number of anilines is 1. The molecule has 0 fully saturated rings. The molecule has 0 saturated carbocycles. The van der Waals surface area contributed by atoms with Gasteiger partial charge in [-0.3, -0.25) is 13.9 Å². The zero-order chi connectivity index (χ0) is 30.0. The molecule has 0 heterocycles. The SMILES string of the molecule is CCNC(=O)[C@@H](Cc1ccccc1)N(Cc1cccc(OC)c1)C(=O)CCCN(c1ccc(F)c(F)c1)S(C)(=O)=O. The number of nitrogens with one attached hydrogen (secondary N) is 1. The fraction of sp³-hybridized carbons (Fsp3) is 0.333. The normalized spacial score (nSPS) is 11.9. The minimum atomic E-state index is -3.86. The first-order valence-corrected chi connectivity index (χ1v) is 15.0. The maximum atomic E-state index is 13.8. The molecule has 0 spiro atoms. The molecule has 0 aliphatic heterocycles. The van der Waals surface area contributed by atoms with Gasteiger partial charge in [-0.05, 0) is 48.7 Å². The van der Waals surface area contributed by atoms with Gasteiger partial charge in [0.25, 0.3) is 0 Å². The minimum absolute atomic E-state index is 0.0450. The Bertz CT molecular complexity index is 1440. The van der Waals surface area contributed by atoms with Crippen molar-refractivity contribution in [2.45, 2.75) is 38.8 Å². The number of hydrogen-bond donors (Lipinski definition) is 1. The second-order valence-electron chi connectivity index (χ2n) is 9.51. The molecule has 1 atom stereocenters. The van der Waals surface area contributed by atoms with Gasteiger partial charge in [0.2, 0.25) is 21.8 Å². The molecule has 0 radical (unpaired) electrons. The summed E-state index contributed by atoms with van der Waals surface area (Å²) >= 11 is 0. The van der Waals surface area contributed by atoms with E-state index in [0.717, 1.165) is 33.8 Å². The molecule has 0 unspecified atom stereocenters. The molecule has 3 rings (SSSR count). The van der Waals surface area contributed by atoms with Crippen molar-refractivity contribution >= 4 is 27.5 Å². The number of amides is 2. The van der Waals surface area contributed by atoms with Crippen LogP contribution in [0.15, 0.2) is 72.8 Å². The first kappa shape index (κ1) is 31.5. The third-order valence-electron chi connectivity index (χ3n) is 6.45. The van der Waals surface area contributed by atoms with E-state index >= 15 is 0 Å². The van der Waals surface area contributed by atoms with Gasteiger partial charge in [0, 0.05) is 38.5 Å². The Balaban J connectivity index is 1.88. The van der Waals surface area contributed by atoms with Crippen LogP contribution in [0.1, 0.15) is 30.9 Å². The average molecular weight is 588 g/mol. The van der Waals surface area contributed by atoms with Gasteiger partial charge in [-0.25, -0.2) is 17.2 Å². The molecule has 11 heteroatoms. The Morgan fingerprint density at radius 3 is 2.29 bits per heavy atom. The summed E-state index contributed by atoms with van der Waals surface area (Å²) in [4.78, 5) is 28.5. The Kier molecular flexibility index (Phi) is 11.2. The predicted octanol–water partition coefficient (Wildman–Crippen LogP) is 4.30. The molecule has 2 amide bonds. The van der Waals surface area contributed by atoms with E-state index in [2.05, 4.69) is 5.32 Å². The highest BCUT2D eigenvalue weighted by molar-refractivity contribution is 7.92. The van der Waals surface area contributed by atoms with E-state index < -0.39 is 27.7 Å². The van der Waals surface area contributed by atoms with E-state index in [1.54, 1.807) is 25.1 Å². The largest absolute Gasteiger partial charge is 0.497 e. The summed E-state index contributed by atoms with van der Waals surface area (Å²) in [6.07, 6.45) is 1.21. The van der Waals surface area contributed by atoms with Crippen molar-refractivity contribution in [3.8, 4) is 5.75 Å². The highest BCUT2D eigenvalue weighted by atomic mass is 32.2. The summed E-state index contributed by atoms with van der Waals surface area (Å²) in [5.41, 5.74) is 1.57. The molecule has 3 aromatic carbocycles. The number of benzene rings is 3. The van der Waals surface area contributed by atoms with Crippen LogP contribution in [0.5, 0.6) is 5.75 Å². The molecule has 41 heavy (non-hydrogen) atoms. The van der Waals surface area contributed by atoms with E-state index in [4.69, 9.17) is 4.74 Å². The van der Waals surface area contributed by atoms with Gasteiger partial charge in [-0.15, -0.1) is 0 Å². The molecule has 0 bridgehead atoms. The van der Waals surface area contributed by atoms with Crippen LogP contribution in [0.3, 0.4) is 0 Å². The van der Waals surface area contributed by atoms with Crippen LogP contribution in [0.2, 0.25) is 0 Å². The number of carbonyl (C=O) groups is 2. The molecule has 0 aromatic heterocycles. The fourth-order valence-corrected chi connectivity index (χ4v) is 5.41.